The van der Waals surface area contributed by atoms with E-state index in [1.54, 1.807) is 13.0 Å². The van der Waals surface area contributed by atoms with Gasteiger partial charge in [0.05, 0.1) is 18.8 Å². The van der Waals surface area contributed by atoms with Gasteiger partial charge >= 0.3 is 0 Å². The predicted molar refractivity (Wildman–Crippen MR) is 96.3 cm³/mol. The minimum Gasteiger partial charge on any atom is -0.456 e. The number of Topliss-reactive ketones (excluding diaryl/α,β-unsaturated/α-hetero) is 1. The van der Waals surface area contributed by atoms with Gasteiger partial charge in [0.15, 0.2) is 11.5 Å². The van der Waals surface area contributed by atoms with E-state index in [4.69, 9.17) is 9.15 Å². The number of hydrogen-bond donors (Lipinski definition) is 1. The Kier molecular flexibility index (Phi) is 4.41. The van der Waals surface area contributed by atoms with E-state index >= 15 is 0 Å². The number of furan rings is 1. The molecule has 1 saturated heterocycles. The van der Waals surface area contributed by atoms with Gasteiger partial charge in [0, 0.05) is 36.3 Å². The van der Waals surface area contributed by atoms with Gasteiger partial charge in [0.25, 0.3) is 5.91 Å². The lowest BCUT2D eigenvalue weighted by Gasteiger charge is -2.12. The summed E-state index contributed by atoms with van der Waals surface area (Å²) in [5, 5.41) is 3.10. The normalized spacial score (nSPS) is 24.8. The number of ether oxygens (including phenoxy) is 1. The highest BCUT2D eigenvalue weighted by Gasteiger charge is 2.55. The number of hydrogen-bond acceptors (Lipinski definition) is 4. The zero-order valence-electron chi connectivity index (χ0n) is 15.0. The van der Waals surface area contributed by atoms with Gasteiger partial charge in [0.1, 0.15) is 5.76 Å². The molecule has 4 rings (SSSR count). The van der Waals surface area contributed by atoms with Gasteiger partial charge in [-0.05, 0) is 5.56 Å². The predicted octanol–water partition coefficient (Wildman–Crippen LogP) is 3.40. The highest BCUT2D eigenvalue weighted by Crippen LogP contribution is 2.44. The van der Waals surface area contributed by atoms with Crippen molar-refractivity contribution in [3.05, 3.63) is 59.0 Å². The van der Waals surface area contributed by atoms with Crippen molar-refractivity contribution in [2.24, 2.45) is 11.8 Å². The molecule has 2 aromatic rings. The molecule has 2 heterocycles. The third-order valence-electron chi connectivity index (χ3n) is 5.54. The fourth-order valence-electron chi connectivity index (χ4n) is 3.79. The van der Waals surface area contributed by atoms with Crippen molar-refractivity contribution in [1.82, 2.24) is 5.32 Å². The molecule has 26 heavy (non-hydrogen) atoms. The Hall–Kier alpha value is -2.40. The van der Waals surface area contributed by atoms with Crippen molar-refractivity contribution in [3.63, 3.8) is 0 Å². The number of fused-ring (bicyclic) bond motifs is 1. The monoisotopic (exact) mass is 353 g/mol. The topological polar surface area (TPSA) is 68.5 Å². The maximum absolute atomic E-state index is 12.9. The zero-order chi connectivity index (χ0) is 18.3. The SMILES string of the molecule is CCC(=O)c1cc(C(=O)NC2[C@H]3COC[C@@H]23)c(C(C)c2ccccc2)o1. The summed E-state index contributed by atoms with van der Waals surface area (Å²) in [4.78, 5) is 25.0. The molecular weight excluding hydrogens is 330 g/mol. The van der Waals surface area contributed by atoms with Crippen LogP contribution >= 0.6 is 0 Å². The molecule has 2 fully saturated rings. The molecule has 1 aliphatic carbocycles. The second kappa shape index (κ2) is 6.72. The van der Waals surface area contributed by atoms with E-state index in [0.717, 1.165) is 5.56 Å². The molecule has 0 spiro atoms. The summed E-state index contributed by atoms with van der Waals surface area (Å²) in [6, 6.07) is 11.6. The second-order valence-electron chi connectivity index (χ2n) is 7.16. The lowest BCUT2D eigenvalue weighted by Crippen LogP contribution is -2.30. The molecule has 5 heteroatoms. The molecule has 0 bridgehead atoms. The van der Waals surface area contributed by atoms with Crippen LogP contribution in [0.4, 0.5) is 0 Å². The molecule has 1 aromatic carbocycles. The van der Waals surface area contributed by atoms with Crippen LogP contribution in [-0.2, 0) is 4.74 Å². The third-order valence-corrected chi connectivity index (χ3v) is 5.54. The van der Waals surface area contributed by atoms with Gasteiger partial charge in [-0.3, -0.25) is 9.59 Å². The first-order chi connectivity index (χ1) is 12.6. The summed E-state index contributed by atoms with van der Waals surface area (Å²) in [6.45, 7) is 5.21. The summed E-state index contributed by atoms with van der Waals surface area (Å²) in [5.74, 6) is 1.29. The number of carbonyl (C=O) groups excluding carboxylic acids is 2. The Labute approximate surface area is 152 Å². The standard InChI is InChI=1S/C21H23NO4/c1-3-17(23)18-9-14(21(24)22-19-15-10-25-11-16(15)19)20(26-18)12(2)13-7-5-4-6-8-13/h4-9,12,15-16,19H,3,10-11H2,1-2H3,(H,22,24)/t12?,15-,16+,19?. The second-order valence-corrected chi connectivity index (χ2v) is 7.16. The summed E-state index contributed by atoms with van der Waals surface area (Å²) >= 11 is 0. The van der Waals surface area contributed by atoms with Gasteiger partial charge in [0.2, 0.25) is 0 Å². The molecule has 2 unspecified atom stereocenters. The Balaban J connectivity index is 1.62. The molecule has 1 aromatic heterocycles. The summed E-state index contributed by atoms with van der Waals surface area (Å²) in [7, 11) is 0. The molecule has 136 valence electrons. The number of benzene rings is 1. The average molecular weight is 353 g/mol. The van der Waals surface area contributed by atoms with Crippen molar-refractivity contribution in [2.75, 3.05) is 13.2 Å². The first-order valence-electron chi connectivity index (χ1n) is 9.20. The molecule has 1 amide bonds. The van der Waals surface area contributed by atoms with E-state index < -0.39 is 0 Å². The average Bonchev–Trinajstić information content (AvgIpc) is 3.07. The lowest BCUT2D eigenvalue weighted by molar-refractivity contribution is 0.0923. The maximum Gasteiger partial charge on any atom is 0.255 e. The van der Waals surface area contributed by atoms with Gasteiger partial charge in [-0.2, -0.15) is 0 Å². The van der Waals surface area contributed by atoms with E-state index in [0.29, 0.717) is 42.8 Å². The zero-order valence-corrected chi connectivity index (χ0v) is 15.0. The third kappa shape index (κ3) is 2.97. The van der Waals surface area contributed by atoms with Crippen LogP contribution in [0, 0.1) is 11.8 Å². The van der Waals surface area contributed by atoms with Crippen molar-refractivity contribution < 1.29 is 18.7 Å². The largest absolute Gasteiger partial charge is 0.456 e. The van der Waals surface area contributed by atoms with Crippen molar-refractivity contribution >= 4 is 11.7 Å². The van der Waals surface area contributed by atoms with Crippen LogP contribution in [0.15, 0.2) is 40.8 Å². The van der Waals surface area contributed by atoms with Crippen LogP contribution in [0.25, 0.3) is 0 Å². The van der Waals surface area contributed by atoms with Crippen LogP contribution in [0.1, 0.15) is 58.4 Å². The van der Waals surface area contributed by atoms with Crippen LogP contribution in [0.3, 0.4) is 0 Å². The number of amides is 1. The number of nitrogens with one attached hydrogen (secondary N) is 1. The minimum atomic E-state index is -0.166. The Morgan fingerprint density at radius 2 is 1.88 bits per heavy atom. The summed E-state index contributed by atoms with van der Waals surface area (Å²) in [5.41, 5.74) is 1.51. The van der Waals surface area contributed by atoms with Crippen molar-refractivity contribution in [3.8, 4) is 0 Å². The minimum absolute atomic E-state index is 0.0951. The number of carbonyl (C=O) groups is 2. The Morgan fingerprint density at radius 1 is 1.19 bits per heavy atom. The molecule has 5 nitrogen and oxygen atoms in total. The number of rotatable bonds is 6. The fraction of sp³-hybridized carbons (Fsp3) is 0.429. The smallest absolute Gasteiger partial charge is 0.255 e. The van der Waals surface area contributed by atoms with Crippen LogP contribution in [0.2, 0.25) is 0 Å². The summed E-state index contributed by atoms with van der Waals surface area (Å²) in [6.07, 6.45) is 0.345. The molecule has 1 N–H and O–H groups in total. The highest BCUT2D eigenvalue weighted by molar-refractivity contribution is 6.00. The summed E-state index contributed by atoms with van der Waals surface area (Å²) < 4.78 is 11.2. The van der Waals surface area contributed by atoms with E-state index in [-0.39, 0.29) is 29.4 Å². The Bertz CT molecular complexity index is 816. The van der Waals surface area contributed by atoms with Crippen molar-refractivity contribution in [2.45, 2.75) is 32.2 Å². The number of ketones is 1. The van der Waals surface area contributed by atoms with Crippen molar-refractivity contribution in [1.29, 1.82) is 0 Å². The van der Waals surface area contributed by atoms with E-state index in [2.05, 4.69) is 5.32 Å². The molecule has 0 radical (unpaired) electrons. The molecule has 1 aliphatic heterocycles. The van der Waals surface area contributed by atoms with Crippen LogP contribution < -0.4 is 5.32 Å². The Morgan fingerprint density at radius 3 is 2.54 bits per heavy atom. The fourth-order valence-corrected chi connectivity index (χ4v) is 3.79. The first kappa shape index (κ1) is 17.0. The quantitative estimate of drug-likeness (QED) is 0.808. The molecule has 1 saturated carbocycles. The highest BCUT2D eigenvalue weighted by atomic mass is 16.5. The van der Waals surface area contributed by atoms with Gasteiger partial charge < -0.3 is 14.5 Å². The first-order valence-corrected chi connectivity index (χ1v) is 9.20. The van der Waals surface area contributed by atoms with E-state index in [9.17, 15) is 9.59 Å². The van der Waals surface area contributed by atoms with Gasteiger partial charge in [-0.15, -0.1) is 0 Å². The van der Waals surface area contributed by atoms with E-state index in [1.807, 2.05) is 37.3 Å². The molecule has 4 atom stereocenters. The van der Waals surface area contributed by atoms with E-state index in [1.165, 1.54) is 0 Å². The van der Waals surface area contributed by atoms with Crippen LogP contribution in [0.5, 0.6) is 0 Å². The molecule has 2 aliphatic rings. The lowest BCUT2D eigenvalue weighted by atomic mass is 9.96. The van der Waals surface area contributed by atoms with Gasteiger partial charge in [-0.1, -0.05) is 44.2 Å². The maximum atomic E-state index is 12.9. The van der Waals surface area contributed by atoms with Gasteiger partial charge in [-0.25, -0.2) is 0 Å². The van der Waals surface area contributed by atoms with Crippen LogP contribution in [-0.4, -0.2) is 30.9 Å². The molecular formula is C21H23NO4.